The van der Waals surface area contributed by atoms with Crippen molar-refractivity contribution in [2.45, 2.75) is 25.5 Å². The molecule has 0 unspecified atom stereocenters. The number of rotatable bonds is 6. The summed E-state index contributed by atoms with van der Waals surface area (Å²) in [6, 6.07) is 6.03. The lowest BCUT2D eigenvalue weighted by Gasteiger charge is -2.07. The number of ether oxygens (including phenoxy) is 1. The van der Waals surface area contributed by atoms with Gasteiger partial charge in [-0.15, -0.1) is 0 Å². The topological polar surface area (TPSA) is 35.2 Å². The maximum absolute atomic E-state index is 5.42. The number of unbranched alkanes of at least 4 members (excludes halogenated alkanes) is 1. The maximum Gasteiger partial charge on any atom is 0.119 e. The van der Waals surface area contributed by atoms with Gasteiger partial charge in [0.15, 0.2) is 0 Å². The molecule has 0 bridgehead atoms. The second-order valence-electron chi connectivity index (χ2n) is 3.94. The highest BCUT2D eigenvalue weighted by Gasteiger charge is 2.03. The summed E-state index contributed by atoms with van der Waals surface area (Å²) in [7, 11) is 1.69. The van der Waals surface area contributed by atoms with Gasteiger partial charge in [0.05, 0.1) is 13.7 Å². The molecule has 1 aromatic rings. The molecule has 2 nitrogen and oxygen atoms in total. The molecule has 2 N–H and O–H groups in total. The smallest absolute Gasteiger partial charge is 0.119 e. The molecule has 0 radical (unpaired) electrons. The Labute approximate surface area is 114 Å². The van der Waals surface area contributed by atoms with Gasteiger partial charge in [-0.05, 0) is 35.9 Å². The van der Waals surface area contributed by atoms with Crippen LogP contribution >= 0.6 is 11.8 Å². The summed E-state index contributed by atoms with van der Waals surface area (Å²) < 4.78 is 5.26. The van der Waals surface area contributed by atoms with Crippen molar-refractivity contribution in [3.63, 3.8) is 0 Å². The molecule has 0 saturated heterocycles. The van der Waals surface area contributed by atoms with Crippen molar-refractivity contribution in [3.05, 3.63) is 29.3 Å². The minimum Gasteiger partial charge on any atom is -0.497 e. The minimum absolute atomic E-state index is 0.397. The fourth-order valence-electron chi connectivity index (χ4n) is 1.51. The quantitative estimate of drug-likeness (QED) is 0.633. The Hall–Kier alpha value is -1.11. The summed E-state index contributed by atoms with van der Waals surface area (Å²) in [5.41, 5.74) is 7.71. The minimum atomic E-state index is 0.397. The van der Waals surface area contributed by atoms with Crippen LogP contribution < -0.4 is 10.5 Å². The van der Waals surface area contributed by atoms with Crippen molar-refractivity contribution in [1.82, 2.24) is 0 Å². The molecule has 0 aromatic heterocycles. The van der Waals surface area contributed by atoms with Crippen LogP contribution in [0.5, 0.6) is 5.75 Å². The van der Waals surface area contributed by atoms with E-state index in [1.54, 1.807) is 7.11 Å². The van der Waals surface area contributed by atoms with Gasteiger partial charge in [0, 0.05) is 11.3 Å². The molecule has 0 aliphatic heterocycles. The summed E-state index contributed by atoms with van der Waals surface area (Å²) in [4.78, 5) is 0. The molecule has 1 aromatic carbocycles. The van der Waals surface area contributed by atoms with E-state index in [0.29, 0.717) is 6.54 Å². The number of thioether (sulfide) groups is 1. The Bertz CT molecular complexity index is 420. The third-order valence-electron chi connectivity index (χ3n) is 2.54. The van der Waals surface area contributed by atoms with Crippen molar-refractivity contribution in [3.8, 4) is 17.6 Å². The van der Waals surface area contributed by atoms with Gasteiger partial charge in [0.25, 0.3) is 0 Å². The average Bonchev–Trinajstić information content (AvgIpc) is 2.42. The normalized spacial score (nSPS) is 9.72. The molecule has 18 heavy (non-hydrogen) atoms. The number of nitrogens with two attached hydrogens (primary N) is 1. The Morgan fingerprint density at radius 1 is 1.39 bits per heavy atom. The Balaban J connectivity index is 2.76. The van der Waals surface area contributed by atoms with Crippen LogP contribution in [0.15, 0.2) is 18.2 Å². The van der Waals surface area contributed by atoms with Crippen molar-refractivity contribution >= 4 is 11.8 Å². The lowest BCUT2D eigenvalue weighted by Crippen LogP contribution is -1.95. The first-order valence-corrected chi connectivity index (χ1v) is 7.40. The highest BCUT2D eigenvalue weighted by molar-refractivity contribution is 7.98. The van der Waals surface area contributed by atoms with Crippen LogP contribution in [0.3, 0.4) is 0 Å². The molecule has 0 fully saturated rings. The number of hydrogen-bond acceptors (Lipinski definition) is 3. The highest BCUT2D eigenvalue weighted by atomic mass is 32.2. The van der Waals surface area contributed by atoms with Gasteiger partial charge in [-0.25, -0.2) is 0 Å². The predicted octanol–water partition coefficient (Wildman–Crippen LogP) is 3.04. The van der Waals surface area contributed by atoms with E-state index >= 15 is 0 Å². The molecular weight excluding hydrogens is 242 g/mol. The molecule has 0 aliphatic rings. The summed E-state index contributed by atoms with van der Waals surface area (Å²) in [5, 5.41) is 0. The summed E-state index contributed by atoms with van der Waals surface area (Å²) >= 11 is 1.94. The van der Waals surface area contributed by atoms with Crippen LogP contribution in [0.2, 0.25) is 0 Å². The highest BCUT2D eigenvalue weighted by Crippen LogP contribution is 2.22. The SMILES string of the molecule is CCCCSCc1cc(OC)ccc1C#CCN. The van der Waals surface area contributed by atoms with E-state index in [1.807, 2.05) is 23.9 Å². The molecule has 0 aliphatic carbocycles. The fourth-order valence-corrected chi connectivity index (χ4v) is 2.61. The first kappa shape index (κ1) is 14.9. The molecule has 3 heteroatoms. The lowest BCUT2D eigenvalue weighted by molar-refractivity contribution is 0.414. The first-order valence-electron chi connectivity index (χ1n) is 6.25. The summed E-state index contributed by atoms with van der Waals surface area (Å²) in [6.45, 7) is 2.61. The zero-order valence-electron chi connectivity index (χ0n) is 11.2. The average molecular weight is 263 g/mol. The van der Waals surface area contributed by atoms with Gasteiger partial charge in [-0.3, -0.25) is 0 Å². The van der Waals surface area contributed by atoms with E-state index in [-0.39, 0.29) is 0 Å². The van der Waals surface area contributed by atoms with Gasteiger partial charge in [-0.2, -0.15) is 11.8 Å². The summed E-state index contributed by atoms with van der Waals surface area (Å²) in [6.07, 6.45) is 2.50. The van der Waals surface area contributed by atoms with E-state index in [1.165, 1.54) is 24.2 Å². The Kier molecular flexibility index (Phi) is 7.40. The van der Waals surface area contributed by atoms with Crippen LogP contribution in [0.1, 0.15) is 30.9 Å². The summed E-state index contributed by atoms with van der Waals surface area (Å²) in [5.74, 6) is 9.09. The first-order chi connectivity index (χ1) is 8.81. The number of hydrogen-bond donors (Lipinski definition) is 1. The lowest BCUT2D eigenvalue weighted by atomic mass is 10.1. The van der Waals surface area contributed by atoms with E-state index in [9.17, 15) is 0 Å². The van der Waals surface area contributed by atoms with Crippen molar-refractivity contribution in [2.75, 3.05) is 19.4 Å². The molecule has 1 rings (SSSR count). The molecule has 0 amide bonds. The van der Waals surface area contributed by atoms with Crippen molar-refractivity contribution < 1.29 is 4.74 Å². The molecule has 0 atom stereocenters. The van der Waals surface area contributed by atoms with Gasteiger partial charge in [0.1, 0.15) is 5.75 Å². The van der Waals surface area contributed by atoms with E-state index < -0.39 is 0 Å². The van der Waals surface area contributed by atoms with Crippen LogP contribution in [-0.2, 0) is 5.75 Å². The number of methoxy groups -OCH3 is 1. The Morgan fingerprint density at radius 3 is 2.89 bits per heavy atom. The second kappa shape index (κ2) is 8.91. The zero-order valence-corrected chi connectivity index (χ0v) is 12.0. The van der Waals surface area contributed by atoms with Crippen molar-refractivity contribution in [1.29, 1.82) is 0 Å². The third-order valence-corrected chi connectivity index (χ3v) is 3.63. The molecule has 0 saturated carbocycles. The molecule has 0 heterocycles. The number of benzene rings is 1. The van der Waals surface area contributed by atoms with Gasteiger partial charge < -0.3 is 10.5 Å². The molecule has 0 spiro atoms. The monoisotopic (exact) mass is 263 g/mol. The van der Waals surface area contributed by atoms with E-state index in [4.69, 9.17) is 10.5 Å². The second-order valence-corrected chi connectivity index (χ2v) is 5.04. The fraction of sp³-hybridized carbons (Fsp3) is 0.467. The standard InChI is InChI=1S/C15H21NOS/c1-3-4-10-18-12-14-11-15(17-2)8-7-13(14)6-5-9-16/h7-8,11H,3-4,9-10,12,16H2,1-2H3. The van der Waals surface area contributed by atoms with Crippen LogP contribution in [0, 0.1) is 11.8 Å². The van der Waals surface area contributed by atoms with Gasteiger partial charge in [0.2, 0.25) is 0 Å². The third kappa shape index (κ3) is 5.03. The van der Waals surface area contributed by atoms with Crippen LogP contribution in [0.4, 0.5) is 0 Å². The Morgan fingerprint density at radius 2 is 2.22 bits per heavy atom. The van der Waals surface area contributed by atoms with Gasteiger partial charge in [-0.1, -0.05) is 25.2 Å². The maximum atomic E-state index is 5.42. The van der Waals surface area contributed by atoms with Crippen molar-refractivity contribution in [2.24, 2.45) is 5.73 Å². The molecular formula is C15H21NOS. The van der Waals surface area contributed by atoms with Gasteiger partial charge >= 0.3 is 0 Å². The van der Waals surface area contributed by atoms with Crippen LogP contribution in [0.25, 0.3) is 0 Å². The van der Waals surface area contributed by atoms with Crippen LogP contribution in [-0.4, -0.2) is 19.4 Å². The zero-order chi connectivity index (χ0) is 13.2. The largest absolute Gasteiger partial charge is 0.497 e. The van der Waals surface area contributed by atoms with E-state index in [2.05, 4.69) is 24.8 Å². The predicted molar refractivity (Wildman–Crippen MR) is 80.0 cm³/mol. The van der Waals surface area contributed by atoms with E-state index in [0.717, 1.165) is 17.1 Å². The molecule has 98 valence electrons.